The third kappa shape index (κ3) is 6.60. The van der Waals surface area contributed by atoms with Gasteiger partial charge >= 0.3 is 0 Å². The Morgan fingerprint density at radius 2 is 1.50 bits per heavy atom. The van der Waals surface area contributed by atoms with E-state index in [0.29, 0.717) is 11.4 Å². The Labute approximate surface area is 201 Å². The average Bonchev–Trinajstić information content (AvgIpc) is 2.77. The van der Waals surface area contributed by atoms with Gasteiger partial charge in [-0.2, -0.15) is 0 Å². The maximum absolute atomic E-state index is 12.6. The van der Waals surface area contributed by atoms with E-state index < -0.39 is 26.0 Å². The Morgan fingerprint density at radius 1 is 0.912 bits per heavy atom. The number of methoxy groups -OCH3 is 1. The summed E-state index contributed by atoms with van der Waals surface area (Å²) >= 11 is 6.02. The SMILES string of the molecule is COc1ccc(NS(=O)(=O)c2ccc(OCC(=O)Nc3ccc(S(N)(=O)=O)cc3)cc2)cc1Cl. The highest BCUT2D eigenvalue weighted by Crippen LogP contribution is 2.28. The first-order valence-corrected chi connectivity index (χ1v) is 12.9. The van der Waals surface area contributed by atoms with Gasteiger partial charge in [-0.3, -0.25) is 9.52 Å². The molecule has 34 heavy (non-hydrogen) atoms. The number of benzene rings is 3. The summed E-state index contributed by atoms with van der Waals surface area (Å²) in [6, 6.07) is 15.2. The van der Waals surface area contributed by atoms with Crippen LogP contribution in [0.3, 0.4) is 0 Å². The van der Waals surface area contributed by atoms with Crippen LogP contribution in [0.4, 0.5) is 11.4 Å². The first-order valence-electron chi connectivity index (χ1n) is 9.50. The highest BCUT2D eigenvalue weighted by molar-refractivity contribution is 7.92. The van der Waals surface area contributed by atoms with Crippen LogP contribution < -0.4 is 24.7 Å². The Kier molecular flexibility index (Phi) is 7.67. The number of amides is 1. The van der Waals surface area contributed by atoms with Crippen LogP contribution >= 0.6 is 11.6 Å². The molecule has 1 amide bonds. The molecule has 4 N–H and O–H groups in total. The lowest BCUT2D eigenvalue weighted by molar-refractivity contribution is -0.118. The predicted molar refractivity (Wildman–Crippen MR) is 127 cm³/mol. The Balaban J connectivity index is 1.57. The maximum atomic E-state index is 12.6. The van der Waals surface area contributed by atoms with Crippen molar-refractivity contribution in [2.75, 3.05) is 23.8 Å². The fourth-order valence-electron chi connectivity index (χ4n) is 2.73. The van der Waals surface area contributed by atoms with Crippen LogP contribution in [-0.2, 0) is 24.8 Å². The van der Waals surface area contributed by atoms with Gasteiger partial charge in [-0.1, -0.05) is 11.6 Å². The number of hydrogen-bond donors (Lipinski definition) is 3. The zero-order chi connectivity index (χ0) is 24.9. The van der Waals surface area contributed by atoms with Crippen molar-refractivity contribution in [3.8, 4) is 11.5 Å². The fourth-order valence-corrected chi connectivity index (χ4v) is 4.56. The van der Waals surface area contributed by atoms with Crippen LogP contribution in [0.15, 0.2) is 76.5 Å². The third-order valence-electron chi connectivity index (χ3n) is 4.37. The smallest absolute Gasteiger partial charge is 0.262 e. The van der Waals surface area contributed by atoms with Crippen LogP contribution in [0.1, 0.15) is 0 Å². The summed E-state index contributed by atoms with van der Waals surface area (Å²) in [6.07, 6.45) is 0. The lowest BCUT2D eigenvalue weighted by atomic mass is 10.3. The second kappa shape index (κ2) is 10.3. The van der Waals surface area contributed by atoms with Gasteiger partial charge in [0.25, 0.3) is 15.9 Å². The molecule has 0 fully saturated rings. The Hall–Kier alpha value is -3.32. The monoisotopic (exact) mass is 525 g/mol. The standard InChI is InChI=1S/C21H20ClN3O7S2/c1-31-20-11-4-15(12-19(20)22)25-34(29,30)18-9-5-16(6-10-18)32-13-21(26)24-14-2-7-17(8-3-14)33(23,27)28/h2-12,25H,13H2,1H3,(H,24,26)(H2,23,27,28). The van der Waals surface area contributed by atoms with Gasteiger partial charge in [-0.05, 0) is 66.7 Å². The van der Waals surface area contributed by atoms with Crippen LogP contribution in [-0.4, -0.2) is 36.5 Å². The molecule has 0 heterocycles. The molecule has 0 bridgehead atoms. The van der Waals surface area contributed by atoms with E-state index >= 15 is 0 Å². The highest BCUT2D eigenvalue weighted by atomic mass is 35.5. The molecular formula is C21H20ClN3O7S2. The van der Waals surface area contributed by atoms with Gasteiger partial charge in [-0.15, -0.1) is 0 Å². The summed E-state index contributed by atoms with van der Waals surface area (Å²) in [5.74, 6) is 0.181. The zero-order valence-electron chi connectivity index (χ0n) is 17.7. The molecular weight excluding hydrogens is 506 g/mol. The number of nitrogens with one attached hydrogen (secondary N) is 2. The number of sulfonamides is 2. The number of halogens is 1. The minimum absolute atomic E-state index is 0.0220. The molecule has 3 aromatic carbocycles. The molecule has 0 aliphatic carbocycles. The first-order chi connectivity index (χ1) is 16.0. The third-order valence-corrected chi connectivity index (χ3v) is 7.00. The van der Waals surface area contributed by atoms with Crippen molar-refractivity contribution >= 4 is 48.9 Å². The molecule has 3 aromatic rings. The normalized spacial score (nSPS) is 11.5. The summed E-state index contributed by atoms with van der Waals surface area (Å²) in [6.45, 7) is -0.356. The van der Waals surface area contributed by atoms with Gasteiger partial charge < -0.3 is 14.8 Å². The lowest BCUT2D eigenvalue weighted by Crippen LogP contribution is -2.20. The van der Waals surface area contributed by atoms with Gasteiger partial charge in [0.15, 0.2) is 6.61 Å². The quantitative estimate of drug-likeness (QED) is 0.388. The Bertz CT molecular complexity index is 1390. The molecule has 10 nitrogen and oxygen atoms in total. The second-order valence-corrected chi connectivity index (χ2v) is 10.5. The van der Waals surface area contributed by atoms with Crippen LogP contribution in [0, 0.1) is 0 Å². The van der Waals surface area contributed by atoms with Gasteiger partial charge in [0, 0.05) is 5.69 Å². The van der Waals surface area contributed by atoms with E-state index in [1.165, 1.54) is 73.8 Å². The molecule has 13 heteroatoms. The van der Waals surface area contributed by atoms with Crippen LogP contribution in [0.25, 0.3) is 0 Å². The minimum atomic E-state index is -3.89. The van der Waals surface area contributed by atoms with E-state index in [0.717, 1.165) is 0 Å². The van der Waals surface area contributed by atoms with E-state index in [4.69, 9.17) is 26.2 Å². The summed E-state index contributed by atoms with van der Waals surface area (Å²) < 4.78 is 60.5. The van der Waals surface area contributed by atoms with Crippen molar-refractivity contribution in [1.29, 1.82) is 0 Å². The van der Waals surface area contributed by atoms with E-state index in [9.17, 15) is 21.6 Å². The molecule has 0 aliphatic heterocycles. The van der Waals surface area contributed by atoms with Crippen molar-refractivity contribution in [3.05, 3.63) is 71.8 Å². The molecule has 0 unspecified atom stereocenters. The highest BCUT2D eigenvalue weighted by Gasteiger charge is 2.16. The van der Waals surface area contributed by atoms with Crippen LogP contribution in [0.5, 0.6) is 11.5 Å². The predicted octanol–water partition coefficient (Wildman–Crippen LogP) is 2.81. The van der Waals surface area contributed by atoms with Gasteiger partial charge in [0.2, 0.25) is 10.0 Å². The number of nitrogens with two attached hydrogens (primary N) is 1. The number of hydrogen-bond acceptors (Lipinski definition) is 7. The van der Waals surface area contributed by atoms with E-state index in [1.807, 2.05) is 0 Å². The van der Waals surface area contributed by atoms with E-state index in [2.05, 4.69) is 10.0 Å². The molecule has 3 rings (SSSR count). The summed E-state index contributed by atoms with van der Waals surface area (Å²) in [5.41, 5.74) is 0.618. The fraction of sp³-hybridized carbons (Fsp3) is 0.0952. The van der Waals surface area contributed by atoms with E-state index in [-0.39, 0.29) is 32.9 Å². The number of primary sulfonamides is 1. The summed E-state index contributed by atoms with van der Waals surface area (Å²) in [7, 11) is -6.26. The molecule has 0 aliphatic rings. The molecule has 0 atom stereocenters. The molecule has 0 radical (unpaired) electrons. The minimum Gasteiger partial charge on any atom is -0.495 e. The van der Waals surface area contributed by atoms with Crippen molar-refractivity contribution in [2.24, 2.45) is 5.14 Å². The lowest BCUT2D eigenvalue weighted by Gasteiger charge is -2.11. The van der Waals surface area contributed by atoms with Gasteiger partial charge in [0.1, 0.15) is 11.5 Å². The number of anilines is 2. The number of carbonyl (C=O) groups is 1. The molecule has 0 aromatic heterocycles. The molecule has 0 spiro atoms. The average molecular weight is 526 g/mol. The maximum Gasteiger partial charge on any atom is 0.262 e. The van der Waals surface area contributed by atoms with Crippen molar-refractivity contribution in [3.63, 3.8) is 0 Å². The number of rotatable bonds is 9. The van der Waals surface area contributed by atoms with Crippen molar-refractivity contribution in [2.45, 2.75) is 9.79 Å². The van der Waals surface area contributed by atoms with Gasteiger partial charge in [0.05, 0.1) is 27.6 Å². The zero-order valence-corrected chi connectivity index (χ0v) is 20.1. The van der Waals surface area contributed by atoms with Crippen molar-refractivity contribution < 1.29 is 31.1 Å². The second-order valence-electron chi connectivity index (χ2n) is 6.83. The summed E-state index contributed by atoms with van der Waals surface area (Å²) in [4.78, 5) is 12.0. The molecule has 180 valence electrons. The topological polar surface area (TPSA) is 154 Å². The van der Waals surface area contributed by atoms with Crippen molar-refractivity contribution in [1.82, 2.24) is 0 Å². The largest absolute Gasteiger partial charge is 0.495 e. The Morgan fingerprint density at radius 3 is 2.06 bits per heavy atom. The summed E-state index contributed by atoms with van der Waals surface area (Å²) in [5, 5.41) is 7.82. The van der Waals surface area contributed by atoms with E-state index in [1.54, 1.807) is 0 Å². The van der Waals surface area contributed by atoms with Gasteiger partial charge in [-0.25, -0.2) is 22.0 Å². The number of ether oxygens (including phenoxy) is 2. The van der Waals surface area contributed by atoms with Crippen LogP contribution in [0.2, 0.25) is 5.02 Å². The molecule has 0 saturated carbocycles. The first kappa shape index (κ1) is 25.3. The number of carbonyl (C=O) groups excluding carboxylic acids is 1. The molecule has 0 saturated heterocycles.